The van der Waals surface area contributed by atoms with Crippen molar-refractivity contribution in [1.82, 2.24) is 15.5 Å². The van der Waals surface area contributed by atoms with Gasteiger partial charge in [0.25, 0.3) is 0 Å². The monoisotopic (exact) mass is 351 g/mol. The maximum absolute atomic E-state index is 12.1. The van der Waals surface area contributed by atoms with Crippen LogP contribution in [0.25, 0.3) is 11.5 Å². The van der Waals surface area contributed by atoms with Crippen molar-refractivity contribution in [3.05, 3.63) is 66.1 Å². The number of aromatic nitrogens is 2. The van der Waals surface area contributed by atoms with Crippen molar-refractivity contribution < 1.29 is 13.9 Å². The van der Waals surface area contributed by atoms with Gasteiger partial charge >= 0.3 is 0 Å². The first-order valence-corrected chi connectivity index (χ1v) is 8.47. The summed E-state index contributed by atoms with van der Waals surface area (Å²) in [5, 5.41) is 11.0. The van der Waals surface area contributed by atoms with Gasteiger partial charge in [0, 0.05) is 18.4 Å². The minimum Gasteiger partial charge on any atom is -0.497 e. The number of hydrogen-bond donors (Lipinski definition) is 1. The van der Waals surface area contributed by atoms with E-state index in [-0.39, 0.29) is 18.4 Å². The van der Waals surface area contributed by atoms with Crippen LogP contribution in [0.15, 0.2) is 59.0 Å². The molecule has 0 bridgehead atoms. The third-order valence-electron chi connectivity index (χ3n) is 4.03. The number of nitrogens with one attached hydrogen (secondary N) is 1. The summed E-state index contributed by atoms with van der Waals surface area (Å²) in [7, 11) is 1.60. The Morgan fingerprint density at radius 3 is 2.73 bits per heavy atom. The molecule has 0 radical (unpaired) electrons. The minimum absolute atomic E-state index is 0.0428. The Morgan fingerprint density at radius 1 is 1.15 bits per heavy atom. The Morgan fingerprint density at radius 2 is 1.96 bits per heavy atom. The Balaban J connectivity index is 1.55. The second-order valence-electron chi connectivity index (χ2n) is 5.93. The second kappa shape index (κ2) is 8.29. The van der Waals surface area contributed by atoms with E-state index in [2.05, 4.69) is 15.5 Å². The molecule has 1 unspecified atom stereocenters. The van der Waals surface area contributed by atoms with E-state index in [0.717, 1.165) is 16.9 Å². The molecule has 0 saturated carbocycles. The van der Waals surface area contributed by atoms with Crippen LogP contribution < -0.4 is 10.1 Å². The fourth-order valence-corrected chi connectivity index (χ4v) is 2.59. The van der Waals surface area contributed by atoms with E-state index in [0.29, 0.717) is 18.2 Å². The van der Waals surface area contributed by atoms with Crippen molar-refractivity contribution in [3.63, 3.8) is 0 Å². The fraction of sp³-hybridized carbons (Fsp3) is 0.250. The van der Waals surface area contributed by atoms with E-state index >= 15 is 0 Å². The number of aryl methyl sites for hydroxylation is 1. The van der Waals surface area contributed by atoms with E-state index in [1.807, 2.05) is 61.5 Å². The zero-order valence-electron chi connectivity index (χ0n) is 14.8. The van der Waals surface area contributed by atoms with Gasteiger partial charge in [0.15, 0.2) is 0 Å². The van der Waals surface area contributed by atoms with Crippen molar-refractivity contribution in [2.45, 2.75) is 25.8 Å². The summed E-state index contributed by atoms with van der Waals surface area (Å²) in [4.78, 5) is 12.1. The van der Waals surface area contributed by atoms with Gasteiger partial charge in [-0.25, -0.2) is 0 Å². The molecule has 1 aromatic heterocycles. The number of rotatable bonds is 7. The maximum Gasteiger partial charge on any atom is 0.247 e. The van der Waals surface area contributed by atoms with Crippen molar-refractivity contribution in [2.75, 3.05) is 7.11 Å². The molecule has 0 fully saturated rings. The van der Waals surface area contributed by atoms with Crippen molar-refractivity contribution in [2.24, 2.45) is 0 Å². The van der Waals surface area contributed by atoms with E-state index in [9.17, 15) is 4.79 Å². The molecule has 1 atom stereocenters. The zero-order chi connectivity index (χ0) is 18.4. The SMILES string of the molecule is COc1cccc(-c2nnc(CCC(=O)NC(C)c3ccccc3)o2)c1. The Bertz CT molecular complexity index is 862. The van der Waals surface area contributed by atoms with Gasteiger partial charge in [0.05, 0.1) is 13.2 Å². The van der Waals surface area contributed by atoms with Crippen LogP contribution >= 0.6 is 0 Å². The topological polar surface area (TPSA) is 77.2 Å². The molecule has 0 spiro atoms. The zero-order valence-corrected chi connectivity index (χ0v) is 14.8. The molecule has 1 N–H and O–H groups in total. The normalized spacial score (nSPS) is 11.8. The largest absolute Gasteiger partial charge is 0.497 e. The number of methoxy groups -OCH3 is 1. The molecule has 1 heterocycles. The first-order valence-electron chi connectivity index (χ1n) is 8.47. The third kappa shape index (κ3) is 4.47. The highest BCUT2D eigenvalue weighted by Gasteiger charge is 2.13. The standard InChI is InChI=1S/C20H21N3O3/c1-14(15-7-4-3-5-8-15)21-18(24)11-12-19-22-23-20(26-19)16-9-6-10-17(13-16)25-2/h3-10,13-14H,11-12H2,1-2H3,(H,21,24). The van der Waals surface area contributed by atoms with Gasteiger partial charge in [-0.3, -0.25) is 4.79 Å². The molecule has 0 aliphatic rings. The van der Waals surface area contributed by atoms with E-state index in [1.165, 1.54) is 0 Å². The molecular formula is C20H21N3O3. The molecule has 6 heteroatoms. The van der Waals surface area contributed by atoms with Gasteiger partial charge in [-0.1, -0.05) is 36.4 Å². The molecule has 0 aliphatic carbocycles. The van der Waals surface area contributed by atoms with Crippen molar-refractivity contribution >= 4 is 5.91 Å². The van der Waals surface area contributed by atoms with Crippen LogP contribution in [0.3, 0.4) is 0 Å². The number of carbonyl (C=O) groups is 1. The van der Waals surface area contributed by atoms with E-state index in [1.54, 1.807) is 7.11 Å². The Kier molecular flexibility index (Phi) is 5.63. The lowest BCUT2D eigenvalue weighted by molar-refractivity contribution is -0.121. The summed E-state index contributed by atoms with van der Waals surface area (Å²) in [6.45, 7) is 1.96. The van der Waals surface area contributed by atoms with Gasteiger partial charge in [-0.15, -0.1) is 10.2 Å². The predicted octanol–water partition coefficient (Wildman–Crippen LogP) is 3.56. The molecule has 2 aromatic carbocycles. The number of carbonyl (C=O) groups excluding carboxylic acids is 1. The lowest BCUT2D eigenvalue weighted by Gasteiger charge is -2.13. The summed E-state index contributed by atoms with van der Waals surface area (Å²) in [5.74, 6) is 1.52. The van der Waals surface area contributed by atoms with E-state index < -0.39 is 0 Å². The number of amides is 1. The summed E-state index contributed by atoms with van der Waals surface area (Å²) in [6, 6.07) is 17.2. The molecule has 0 aliphatic heterocycles. The minimum atomic E-state index is -0.0533. The quantitative estimate of drug-likeness (QED) is 0.704. The second-order valence-corrected chi connectivity index (χ2v) is 5.93. The van der Waals surface area contributed by atoms with Crippen LogP contribution in [0.1, 0.15) is 30.8 Å². The van der Waals surface area contributed by atoms with Crippen molar-refractivity contribution in [3.8, 4) is 17.2 Å². The number of benzene rings is 2. The first-order chi connectivity index (χ1) is 12.7. The Hall–Kier alpha value is -3.15. The Labute approximate surface area is 152 Å². The van der Waals surface area contributed by atoms with Crippen LogP contribution in [-0.4, -0.2) is 23.2 Å². The average molecular weight is 351 g/mol. The lowest BCUT2D eigenvalue weighted by Crippen LogP contribution is -2.26. The molecule has 26 heavy (non-hydrogen) atoms. The molecule has 3 rings (SSSR count). The number of ether oxygens (including phenoxy) is 1. The first kappa shape index (κ1) is 17.7. The van der Waals surface area contributed by atoms with Crippen LogP contribution in [0.4, 0.5) is 0 Å². The highest BCUT2D eigenvalue weighted by atomic mass is 16.5. The van der Waals surface area contributed by atoms with Gasteiger partial charge in [-0.05, 0) is 30.7 Å². The highest BCUT2D eigenvalue weighted by molar-refractivity contribution is 5.76. The maximum atomic E-state index is 12.1. The molecular weight excluding hydrogens is 330 g/mol. The van der Waals surface area contributed by atoms with E-state index in [4.69, 9.17) is 9.15 Å². The van der Waals surface area contributed by atoms with Crippen LogP contribution in [-0.2, 0) is 11.2 Å². The predicted molar refractivity (Wildman–Crippen MR) is 97.6 cm³/mol. The molecule has 134 valence electrons. The number of nitrogens with zero attached hydrogens (tertiary/aromatic N) is 2. The number of hydrogen-bond acceptors (Lipinski definition) is 5. The van der Waals surface area contributed by atoms with Gasteiger partial charge in [0.1, 0.15) is 5.75 Å². The summed E-state index contributed by atoms with van der Waals surface area (Å²) in [5.41, 5.74) is 1.85. The third-order valence-corrected chi connectivity index (χ3v) is 4.03. The summed E-state index contributed by atoms with van der Waals surface area (Å²) >= 11 is 0. The molecule has 3 aromatic rings. The van der Waals surface area contributed by atoms with Gasteiger partial charge in [0.2, 0.25) is 17.7 Å². The molecule has 1 amide bonds. The van der Waals surface area contributed by atoms with Gasteiger partial charge < -0.3 is 14.5 Å². The smallest absolute Gasteiger partial charge is 0.247 e. The molecule has 0 saturated heterocycles. The average Bonchev–Trinajstić information content (AvgIpc) is 3.16. The van der Waals surface area contributed by atoms with Crippen molar-refractivity contribution in [1.29, 1.82) is 0 Å². The molecule has 6 nitrogen and oxygen atoms in total. The highest BCUT2D eigenvalue weighted by Crippen LogP contribution is 2.22. The van der Waals surface area contributed by atoms with Crippen LogP contribution in [0.2, 0.25) is 0 Å². The fourth-order valence-electron chi connectivity index (χ4n) is 2.59. The summed E-state index contributed by atoms with van der Waals surface area (Å²) < 4.78 is 10.8. The van der Waals surface area contributed by atoms with Gasteiger partial charge in [-0.2, -0.15) is 0 Å². The van der Waals surface area contributed by atoms with Crippen LogP contribution in [0.5, 0.6) is 5.75 Å². The summed E-state index contributed by atoms with van der Waals surface area (Å²) in [6.07, 6.45) is 0.682. The van der Waals surface area contributed by atoms with Crippen LogP contribution in [0, 0.1) is 0 Å². The lowest BCUT2D eigenvalue weighted by atomic mass is 10.1.